The molecule has 4 rings (SSSR count). The molecule has 0 aromatic heterocycles. The van der Waals surface area contributed by atoms with Crippen LogP contribution in [0, 0.1) is 0 Å². The van der Waals surface area contributed by atoms with E-state index in [0.29, 0.717) is 38.8 Å². The summed E-state index contributed by atoms with van der Waals surface area (Å²) in [4.78, 5) is 52.4. The second-order valence-electron chi connectivity index (χ2n) is 10.8. The van der Waals surface area contributed by atoms with Crippen LogP contribution in [0.2, 0.25) is 0 Å². The van der Waals surface area contributed by atoms with Gasteiger partial charge in [0.25, 0.3) is 0 Å². The molecular formula is C33H41N4O7P. The van der Waals surface area contributed by atoms with Gasteiger partial charge in [-0.1, -0.05) is 0 Å². The van der Waals surface area contributed by atoms with E-state index in [9.17, 15) is 19.2 Å². The zero-order valence-electron chi connectivity index (χ0n) is 25.2. The van der Waals surface area contributed by atoms with E-state index in [-0.39, 0.29) is 38.1 Å². The number of carbonyl (C=O) groups is 4. The van der Waals surface area contributed by atoms with Crippen molar-refractivity contribution in [3.05, 3.63) is 91.0 Å². The second kappa shape index (κ2) is 16.6. The average molecular weight is 637 g/mol. The monoisotopic (exact) mass is 636 g/mol. The molecule has 0 radical (unpaired) electrons. The summed E-state index contributed by atoms with van der Waals surface area (Å²) in [6, 6.07) is 31.0. The Labute approximate surface area is 263 Å². The van der Waals surface area contributed by atoms with Gasteiger partial charge in [-0.2, -0.15) is 0 Å². The molecule has 4 amide bonds. The number of hydrogen-bond donors (Lipinski definition) is 2. The van der Waals surface area contributed by atoms with Crippen LogP contribution in [0.4, 0.5) is 9.59 Å². The van der Waals surface area contributed by atoms with Crippen molar-refractivity contribution < 1.29 is 33.4 Å². The maximum absolute atomic E-state index is 14.0. The summed E-state index contributed by atoms with van der Waals surface area (Å²) >= 11 is 0. The van der Waals surface area contributed by atoms with Crippen molar-refractivity contribution in [3.8, 4) is 0 Å². The molecule has 0 atom stereocenters. The number of nitrogens with two attached hydrogens (primary N) is 2. The molecule has 3 aromatic rings. The minimum absolute atomic E-state index is 0.0365. The standard InChI is InChI=1S/C33H41N4O7P/c34-32(40)43-23-26(24-44-33(35)41)42-22-10-17-30(38)36-18-20-37(21-19-36)31(39)25-45(27-11-4-1-5-12-27,28-13-6-2-7-14-28)29-15-8-3-9-16-29/h1-9,11-16,26,45H,10,17-25H2,(H2,34,40)(H2,35,41). The fraction of sp³-hybridized carbons (Fsp3) is 0.333. The van der Waals surface area contributed by atoms with Crippen molar-refractivity contribution in [2.24, 2.45) is 11.5 Å². The third-order valence-corrected chi connectivity index (χ3v) is 12.7. The predicted molar refractivity (Wildman–Crippen MR) is 175 cm³/mol. The summed E-state index contributed by atoms with van der Waals surface area (Å²) in [5.41, 5.74) is 9.98. The molecule has 0 spiro atoms. The molecule has 0 aliphatic carbocycles. The van der Waals surface area contributed by atoms with Crippen LogP contribution in [-0.2, 0) is 23.8 Å². The molecule has 0 unspecified atom stereocenters. The maximum atomic E-state index is 14.0. The van der Waals surface area contributed by atoms with Crippen molar-refractivity contribution >= 4 is 47.2 Å². The van der Waals surface area contributed by atoms with Crippen molar-refractivity contribution in [1.82, 2.24) is 9.80 Å². The summed E-state index contributed by atoms with van der Waals surface area (Å²) in [6.45, 7) is 1.56. The Kier molecular flexibility index (Phi) is 12.3. The first-order valence-electron chi connectivity index (χ1n) is 15.0. The fourth-order valence-electron chi connectivity index (χ4n) is 5.64. The first kappa shape index (κ1) is 33.4. The number of carbonyl (C=O) groups excluding carboxylic acids is 4. The minimum atomic E-state index is -2.72. The summed E-state index contributed by atoms with van der Waals surface area (Å²) in [7, 11) is -2.72. The van der Waals surface area contributed by atoms with E-state index in [0.717, 1.165) is 0 Å². The van der Waals surface area contributed by atoms with Crippen molar-refractivity contribution in [1.29, 1.82) is 0 Å². The Bertz CT molecular complexity index is 1290. The first-order chi connectivity index (χ1) is 21.8. The van der Waals surface area contributed by atoms with Gasteiger partial charge in [0.2, 0.25) is 0 Å². The van der Waals surface area contributed by atoms with Gasteiger partial charge in [0.15, 0.2) is 0 Å². The van der Waals surface area contributed by atoms with Crippen molar-refractivity contribution in [3.63, 3.8) is 0 Å². The van der Waals surface area contributed by atoms with Gasteiger partial charge in [-0.3, -0.25) is 0 Å². The van der Waals surface area contributed by atoms with Gasteiger partial charge in [0, 0.05) is 0 Å². The van der Waals surface area contributed by atoms with Crippen LogP contribution in [-0.4, -0.2) is 92.1 Å². The van der Waals surface area contributed by atoms with Crippen LogP contribution in [0.1, 0.15) is 12.8 Å². The molecule has 1 aliphatic heterocycles. The van der Waals surface area contributed by atoms with Crippen molar-refractivity contribution in [2.75, 3.05) is 52.2 Å². The van der Waals surface area contributed by atoms with Gasteiger partial charge in [-0.25, -0.2) is 9.59 Å². The van der Waals surface area contributed by atoms with E-state index in [4.69, 9.17) is 25.7 Å². The van der Waals surface area contributed by atoms with Gasteiger partial charge in [-0.15, -0.1) is 0 Å². The zero-order valence-corrected chi connectivity index (χ0v) is 26.2. The number of hydrogen-bond acceptors (Lipinski definition) is 7. The molecule has 45 heavy (non-hydrogen) atoms. The molecule has 0 saturated carbocycles. The Balaban J connectivity index is 1.36. The quantitative estimate of drug-likeness (QED) is 0.202. The summed E-state index contributed by atoms with van der Waals surface area (Å²) in [5, 5.41) is 3.53. The average Bonchev–Trinajstić information content (AvgIpc) is 3.07. The molecule has 4 N–H and O–H groups in total. The van der Waals surface area contributed by atoms with Crippen LogP contribution in [0.25, 0.3) is 0 Å². The predicted octanol–water partition coefficient (Wildman–Crippen LogP) is 1.74. The number of piperazine rings is 1. The number of nitrogens with zero attached hydrogens (tertiary/aromatic N) is 2. The van der Waals surface area contributed by atoms with E-state index in [1.807, 2.05) is 59.5 Å². The van der Waals surface area contributed by atoms with E-state index in [1.54, 1.807) is 4.90 Å². The molecule has 240 valence electrons. The fourth-order valence-corrected chi connectivity index (χ4v) is 10.2. The third kappa shape index (κ3) is 9.26. The first-order valence-corrected chi connectivity index (χ1v) is 17.2. The van der Waals surface area contributed by atoms with Crippen LogP contribution in [0.3, 0.4) is 0 Å². The van der Waals surface area contributed by atoms with E-state index in [1.165, 1.54) is 15.9 Å². The molecule has 3 aromatic carbocycles. The molecule has 1 heterocycles. The Hall–Kier alpha value is -4.47. The molecule has 12 heteroatoms. The third-order valence-electron chi connectivity index (χ3n) is 7.91. The van der Waals surface area contributed by atoms with E-state index >= 15 is 0 Å². The van der Waals surface area contributed by atoms with Gasteiger partial charge in [0.1, 0.15) is 13.2 Å². The topological polar surface area (TPSA) is 154 Å². The molecular weight excluding hydrogens is 595 g/mol. The Morgan fingerprint density at radius 1 is 0.644 bits per heavy atom. The van der Waals surface area contributed by atoms with Crippen LogP contribution in [0.15, 0.2) is 91.0 Å². The second-order valence-corrected chi connectivity index (χ2v) is 14.7. The number of benzene rings is 3. The Morgan fingerprint density at radius 2 is 1.04 bits per heavy atom. The normalized spacial score (nSPS) is 13.7. The summed E-state index contributed by atoms with van der Waals surface area (Å²) < 4.78 is 15.0. The van der Waals surface area contributed by atoms with E-state index < -0.39 is 25.6 Å². The van der Waals surface area contributed by atoms with E-state index in [2.05, 4.69) is 36.4 Å². The zero-order chi connectivity index (χ0) is 32.1. The number of rotatable bonds is 14. The van der Waals surface area contributed by atoms with Crippen LogP contribution in [0.5, 0.6) is 0 Å². The van der Waals surface area contributed by atoms with Crippen molar-refractivity contribution in [2.45, 2.75) is 18.9 Å². The molecule has 1 aliphatic rings. The molecule has 1 fully saturated rings. The number of primary amides is 2. The number of ether oxygens (including phenoxy) is 3. The van der Waals surface area contributed by atoms with Gasteiger partial charge < -0.3 is 20.9 Å². The SMILES string of the molecule is NC(=O)OCC(COC(N)=O)OCCCC(=O)N1CCN(C(=O)C[PH](c2ccccc2)(c2ccccc2)c2ccccc2)CC1. The van der Waals surface area contributed by atoms with Gasteiger partial charge >= 0.3 is 220 Å². The molecule has 11 nitrogen and oxygen atoms in total. The number of amides is 4. The Morgan fingerprint density at radius 3 is 1.44 bits per heavy atom. The summed E-state index contributed by atoms with van der Waals surface area (Å²) in [5.74, 6) is 0.0479. The summed E-state index contributed by atoms with van der Waals surface area (Å²) in [6.07, 6.45) is -1.70. The van der Waals surface area contributed by atoms with Crippen LogP contribution >= 0.6 is 7.26 Å². The van der Waals surface area contributed by atoms with Gasteiger partial charge in [-0.05, 0) is 0 Å². The van der Waals surface area contributed by atoms with Gasteiger partial charge in [0.05, 0.1) is 0 Å². The van der Waals surface area contributed by atoms with Crippen LogP contribution < -0.4 is 27.4 Å². The molecule has 0 bridgehead atoms. The molecule has 1 saturated heterocycles.